The predicted octanol–water partition coefficient (Wildman–Crippen LogP) is 2.32. The number of aryl methyl sites for hydroxylation is 2. The van der Waals surface area contributed by atoms with Gasteiger partial charge in [-0.1, -0.05) is 28.9 Å². The summed E-state index contributed by atoms with van der Waals surface area (Å²) in [6, 6.07) is 8.20. The van der Waals surface area contributed by atoms with Crippen LogP contribution in [0.25, 0.3) is 0 Å². The molecule has 3 rings (SSSR count). The van der Waals surface area contributed by atoms with E-state index in [2.05, 4.69) is 47.4 Å². The van der Waals surface area contributed by atoms with Gasteiger partial charge in [-0.05, 0) is 25.0 Å². The second-order valence-electron chi connectivity index (χ2n) is 6.34. The molecular formula is C18H24N4O2. The number of carbonyl (C=O) groups excluding carboxylic acids is 1. The summed E-state index contributed by atoms with van der Waals surface area (Å²) < 4.78 is 4.86. The molecule has 1 fully saturated rings. The van der Waals surface area contributed by atoms with E-state index in [4.69, 9.17) is 4.52 Å². The van der Waals surface area contributed by atoms with Crippen LogP contribution in [0.3, 0.4) is 0 Å². The Hall–Kier alpha value is -2.34. The molecule has 0 radical (unpaired) electrons. The van der Waals surface area contributed by atoms with Crippen LogP contribution in [0.2, 0.25) is 0 Å². The van der Waals surface area contributed by atoms with Crippen LogP contribution in [0.4, 0.5) is 4.79 Å². The van der Waals surface area contributed by atoms with Crippen molar-refractivity contribution in [2.45, 2.75) is 26.9 Å². The van der Waals surface area contributed by atoms with Crippen molar-refractivity contribution >= 4 is 6.03 Å². The molecule has 0 unspecified atom stereocenters. The third-order valence-corrected chi connectivity index (χ3v) is 4.46. The molecule has 2 amide bonds. The molecule has 128 valence electrons. The van der Waals surface area contributed by atoms with Crippen LogP contribution < -0.4 is 5.32 Å². The molecule has 1 aliphatic rings. The number of hydrogen-bond donors (Lipinski definition) is 1. The quantitative estimate of drug-likeness (QED) is 0.936. The minimum Gasteiger partial charge on any atom is -0.364 e. The summed E-state index contributed by atoms with van der Waals surface area (Å²) >= 11 is 0. The number of rotatable bonds is 4. The Morgan fingerprint density at radius 2 is 2.00 bits per heavy atom. The van der Waals surface area contributed by atoms with Crippen LogP contribution >= 0.6 is 0 Å². The molecule has 0 spiro atoms. The lowest BCUT2D eigenvalue weighted by atomic mass is 10.1. The van der Waals surface area contributed by atoms with Crippen molar-refractivity contribution < 1.29 is 9.32 Å². The number of piperazine rings is 1. The van der Waals surface area contributed by atoms with Gasteiger partial charge in [-0.2, -0.15) is 0 Å². The lowest BCUT2D eigenvalue weighted by Crippen LogP contribution is -2.51. The number of carbonyl (C=O) groups is 1. The second-order valence-corrected chi connectivity index (χ2v) is 6.34. The standard InChI is InChI=1S/C18H24N4O2/c1-14-3-4-16(15(2)11-14)12-19-18(23)22-8-6-21(7-9-22)13-17-5-10-24-20-17/h3-5,10-11H,6-9,12-13H2,1-2H3,(H,19,23). The summed E-state index contributed by atoms with van der Waals surface area (Å²) in [6.07, 6.45) is 1.59. The van der Waals surface area contributed by atoms with E-state index < -0.39 is 0 Å². The van der Waals surface area contributed by atoms with E-state index in [1.165, 1.54) is 16.7 Å². The molecule has 6 nitrogen and oxygen atoms in total. The van der Waals surface area contributed by atoms with Crippen LogP contribution in [-0.2, 0) is 13.1 Å². The smallest absolute Gasteiger partial charge is 0.317 e. The molecule has 0 atom stereocenters. The summed E-state index contributed by atoms with van der Waals surface area (Å²) in [7, 11) is 0. The van der Waals surface area contributed by atoms with E-state index in [-0.39, 0.29) is 6.03 Å². The fraction of sp³-hybridized carbons (Fsp3) is 0.444. The minimum atomic E-state index is 0.0102. The summed E-state index contributed by atoms with van der Waals surface area (Å²) in [4.78, 5) is 16.5. The van der Waals surface area contributed by atoms with Crippen molar-refractivity contribution in [2.24, 2.45) is 0 Å². The molecule has 2 aromatic rings. The largest absolute Gasteiger partial charge is 0.364 e. The Labute approximate surface area is 142 Å². The first-order chi connectivity index (χ1) is 11.6. The third-order valence-electron chi connectivity index (χ3n) is 4.46. The monoisotopic (exact) mass is 328 g/mol. The van der Waals surface area contributed by atoms with Gasteiger partial charge >= 0.3 is 6.03 Å². The van der Waals surface area contributed by atoms with Crippen molar-refractivity contribution in [3.63, 3.8) is 0 Å². The average Bonchev–Trinajstić information content (AvgIpc) is 3.07. The van der Waals surface area contributed by atoms with E-state index in [9.17, 15) is 4.79 Å². The Kier molecular flexibility index (Phi) is 5.15. The van der Waals surface area contributed by atoms with Gasteiger partial charge < -0.3 is 14.7 Å². The van der Waals surface area contributed by atoms with Crippen LogP contribution in [0, 0.1) is 13.8 Å². The first-order valence-corrected chi connectivity index (χ1v) is 8.32. The van der Waals surface area contributed by atoms with E-state index in [0.29, 0.717) is 6.54 Å². The lowest BCUT2D eigenvalue weighted by Gasteiger charge is -2.34. The SMILES string of the molecule is Cc1ccc(CNC(=O)N2CCN(Cc3ccon3)CC2)c(C)c1. The van der Waals surface area contributed by atoms with Crippen LogP contribution in [0.15, 0.2) is 35.1 Å². The molecule has 24 heavy (non-hydrogen) atoms. The summed E-state index contributed by atoms with van der Waals surface area (Å²) in [5.74, 6) is 0. The molecule has 1 saturated heterocycles. The van der Waals surface area contributed by atoms with Crippen molar-refractivity contribution in [3.05, 3.63) is 52.9 Å². The maximum atomic E-state index is 12.3. The van der Waals surface area contributed by atoms with Gasteiger partial charge in [0, 0.05) is 45.3 Å². The highest BCUT2D eigenvalue weighted by atomic mass is 16.5. The Balaban J connectivity index is 1.45. The summed E-state index contributed by atoms with van der Waals surface area (Å²) in [5.41, 5.74) is 4.56. The second kappa shape index (κ2) is 7.49. The zero-order valence-corrected chi connectivity index (χ0v) is 14.3. The van der Waals surface area contributed by atoms with Gasteiger partial charge in [0.15, 0.2) is 0 Å². The molecule has 0 bridgehead atoms. The van der Waals surface area contributed by atoms with Crippen LogP contribution in [0.5, 0.6) is 0 Å². The number of urea groups is 1. The number of aromatic nitrogens is 1. The van der Waals surface area contributed by atoms with Crippen molar-refractivity contribution in [3.8, 4) is 0 Å². The van der Waals surface area contributed by atoms with Crippen LogP contribution in [-0.4, -0.2) is 47.2 Å². The topological polar surface area (TPSA) is 61.6 Å². The average molecular weight is 328 g/mol. The zero-order chi connectivity index (χ0) is 16.9. The maximum Gasteiger partial charge on any atom is 0.317 e. The predicted molar refractivity (Wildman–Crippen MR) is 91.5 cm³/mol. The van der Waals surface area contributed by atoms with Gasteiger partial charge in [0.1, 0.15) is 6.26 Å². The van der Waals surface area contributed by atoms with E-state index in [1.807, 2.05) is 11.0 Å². The number of hydrogen-bond acceptors (Lipinski definition) is 4. The highest BCUT2D eigenvalue weighted by molar-refractivity contribution is 5.74. The molecular weight excluding hydrogens is 304 g/mol. The number of nitrogens with zero attached hydrogens (tertiary/aromatic N) is 3. The number of amides is 2. The van der Waals surface area contributed by atoms with Gasteiger partial charge in [-0.3, -0.25) is 4.90 Å². The normalized spacial score (nSPS) is 15.5. The number of benzene rings is 1. The van der Waals surface area contributed by atoms with Crippen LogP contribution in [0.1, 0.15) is 22.4 Å². The Morgan fingerprint density at radius 3 is 2.67 bits per heavy atom. The molecule has 1 aliphatic heterocycles. The van der Waals surface area contributed by atoms with Gasteiger partial charge in [-0.25, -0.2) is 4.79 Å². The first-order valence-electron chi connectivity index (χ1n) is 8.32. The minimum absolute atomic E-state index is 0.0102. The fourth-order valence-electron chi connectivity index (χ4n) is 2.98. The van der Waals surface area contributed by atoms with Gasteiger partial charge in [0.05, 0.1) is 5.69 Å². The lowest BCUT2D eigenvalue weighted by molar-refractivity contribution is 0.133. The van der Waals surface area contributed by atoms with E-state index >= 15 is 0 Å². The van der Waals surface area contributed by atoms with Crippen molar-refractivity contribution in [1.82, 2.24) is 20.3 Å². The highest BCUT2D eigenvalue weighted by Gasteiger charge is 2.21. The molecule has 1 N–H and O–H groups in total. The van der Waals surface area contributed by atoms with Gasteiger partial charge in [0.2, 0.25) is 0 Å². The zero-order valence-electron chi connectivity index (χ0n) is 14.3. The third kappa shape index (κ3) is 4.14. The molecule has 0 saturated carbocycles. The number of nitrogens with one attached hydrogen (secondary N) is 1. The maximum absolute atomic E-state index is 12.3. The highest BCUT2D eigenvalue weighted by Crippen LogP contribution is 2.11. The van der Waals surface area contributed by atoms with E-state index in [1.54, 1.807) is 6.26 Å². The molecule has 1 aromatic carbocycles. The van der Waals surface area contributed by atoms with E-state index in [0.717, 1.165) is 38.4 Å². The molecule has 6 heteroatoms. The molecule has 1 aromatic heterocycles. The molecule has 2 heterocycles. The van der Waals surface area contributed by atoms with Crippen molar-refractivity contribution in [2.75, 3.05) is 26.2 Å². The molecule has 0 aliphatic carbocycles. The van der Waals surface area contributed by atoms with Crippen molar-refractivity contribution in [1.29, 1.82) is 0 Å². The summed E-state index contributed by atoms with van der Waals surface area (Å²) in [6.45, 7) is 8.67. The summed E-state index contributed by atoms with van der Waals surface area (Å²) in [5, 5.41) is 6.96. The van der Waals surface area contributed by atoms with Gasteiger partial charge in [-0.15, -0.1) is 0 Å². The fourth-order valence-corrected chi connectivity index (χ4v) is 2.98. The Morgan fingerprint density at radius 1 is 1.21 bits per heavy atom. The van der Waals surface area contributed by atoms with Gasteiger partial charge in [0.25, 0.3) is 0 Å². The first kappa shape index (κ1) is 16.5. The Bertz CT molecular complexity index is 676.